The molecule has 0 fully saturated rings. The van der Waals surface area contributed by atoms with E-state index in [0.29, 0.717) is 16.6 Å². The molecule has 0 amide bonds. The van der Waals surface area contributed by atoms with E-state index in [1.807, 2.05) is 42.5 Å². The van der Waals surface area contributed by atoms with Gasteiger partial charge < -0.3 is 11.1 Å². The Kier molecular flexibility index (Phi) is 5.11. The Morgan fingerprint density at radius 3 is 2.37 bits per heavy atom. The van der Waals surface area contributed by atoms with Crippen molar-refractivity contribution in [3.63, 3.8) is 0 Å². The number of hydrogen-bond donors (Lipinski definition) is 2. The predicted octanol–water partition coefficient (Wildman–Crippen LogP) is 4.87. The lowest BCUT2D eigenvalue weighted by Crippen LogP contribution is -2.20. The Hall–Kier alpha value is -0.740. The molecule has 0 saturated carbocycles. The van der Waals surface area contributed by atoms with E-state index in [-0.39, 0.29) is 6.04 Å². The summed E-state index contributed by atoms with van der Waals surface area (Å²) in [5.41, 5.74) is 7.89. The highest BCUT2D eigenvalue weighted by Crippen LogP contribution is 2.27. The largest absolute Gasteiger partial charge is 0.377 e. The lowest BCUT2D eigenvalue weighted by molar-refractivity contribution is 0.789. The fraction of sp³-hybridized carbons (Fsp3) is 0.143. The summed E-state index contributed by atoms with van der Waals surface area (Å²) in [6.45, 7) is 0.483. The summed E-state index contributed by atoms with van der Waals surface area (Å²) in [6.07, 6.45) is 0. The molecular formula is C14H13BrCl2N2. The number of halogens is 3. The Morgan fingerprint density at radius 2 is 1.79 bits per heavy atom. The molecule has 19 heavy (non-hydrogen) atoms. The predicted molar refractivity (Wildman–Crippen MR) is 86.0 cm³/mol. The molecule has 2 nitrogen and oxygen atoms in total. The van der Waals surface area contributed by atoms with Gasteiger partial charge in [-0.15, -0.1) is 0 Å². The topological polar surface area (TPSA) is 38.0 Å². The first-order valence-electron chi connectivity index (χ1n) is 5.77. The zero-order chi connectivity index (χ0) is 13.8. The van der Waals surface area contributed by atoms with E-state index < -0.39 is 0 Å². The molecule has 0 aliphatic carbocycles. The lowest BCUT2D eigenvalue weighted by atomic mass is 10.1. The van der Waals surface area contributed by atoms with Crippen LogP contribution in [0.5, 0.6) is 0 Å². The van der Waals surface area contributed by atoms with E-state index in [2.05, 4.69) is 21.2 Å². The van der Waals surface area contributed by atoms with Crippen molar-refractivity contribution in [1.82, 2.24) is 0 Å². The summed E-state index contributed by atoms with van der Waals surface area (Å²) in [5.74, 6) is 0. The van der Waals surface area contributed by atoms with Crippen molar-refractivity contribution in [3.8, 4) is 0 Å². The molecule has 5 heteroatoms. The average Bonchev–Trinajstić information content (AvgIpc) is 2.41. The number of nitrogens with two attached hydrogens (primary N) is 1. The van der Waals surface area contributed by atoms with Crippen LogP contribution in [-0.2, 0) is 0 Å². The molecule has 3 N–H and O–H groups in total. The van der Waals surface area contributed by atoms with Crippen molar-refractivity contribution < 1.29 is 0 Å². The molecule has 100 valence electrons. The van der Waals surface area contributed by atoms with Gasteiger partial charge >= 0.3 is 0 Å². The third-order valence-electron chi connectivity index (χ3n) is 2.77. The lowest BCUT2D eigenvalue weighted by Gasteiger charge is -2.19. The second kappa shape index (κ2) is 6.62. The van der Waals surface area contributed by atoms with Crippen molar-refractivity contribution in [2.75, 3.05) is 11.9 Å². The maximum absolute atomic E-state index is 5.99. The zero-order valence-corrected chi connectivity index (χ0v) is 13.1. The molecule has 1 atom stereocenters. The van der Waals surface area contributed by atoms with Crippen molar-refractivity contribution in [1.29, 1.82) is 0 Å². The van der Waals surface area contributed by atoms with E-state index in [9.17, 15) is 0 Å². The molecule has 0 aliphatic rings. The van der Waals surface area contributed by atoms with Gasteiger partial charge in [-0.1, -0.05) is 29.3 Å². The third-order valence-corrected chi connectivity index (χ3v) is 4.23. The van der Waals surface area contributed by atoms with Gasteiger partial charge in [0.05, 0.1) is 11.1 Å². The highest BCUT2D eigenvalue weighted by Gasteiger charge is 2.11. The molecule has 0 bridgehead atoms. The van der Waals surface area contributed by atoms with Crippen LogP contribution in [0.25, 0.3) is 0 Å². The number of anilines is 1. The normalized spacial score (nSPS) is 12.2. The van der Waals surface area contributed by atoms with Crippen molar-refractivity contribution >= 4 is 44.8 Å². The summed E-state index contributed by atoms with van der Waals surface area (Å²) in [5, 5.41) is 4.77. The quantitative estimate of drug-likeness (QED) is 0.817. The van der Waals surface area contributed by atoms with Gasteiger partial charge in [-0.05, 0) is 57.9 Å². The Morgan fingerprint density at radius 1 is 1.11 bits per heavy atom. The van der Waals surface area contributed by atoms with E-state index in [4.69, 9.17) is 28.9 Å². The van der Waals surface area contributed by atoms with Gasteiger partial charge in [0.1, 0.15) is 0 Å². The summed E-state index contributed by atoms with van der Waals surface area (Å²) in [6, 6.07) is 13.4. The summed E-state index contributed by atoms with van der Waals surface area (Å²) >= 11 is 15.3. The molecule has 2 aromatic rings. The number of rotatable bonds is 4. The highest BCUT2D eigenvalue weighted by atomic mass is 79.9. The molecule has 2 aromatic carbocycles. The van der Waals surface area contributed by atoms with E-state index in [1.54, 1.807) is 0 Å². The summed E-state index contributed by atoms with van der Waals surface area (Å²) < 4.78 is 0.864. The molecule has 0 aromatic heterocycles. The Labute approximate surface area is 131 Å². The van der Waals surface area contributed by atoms with Crippen LogP contribution in [0, 0.1) is 0 Å². The highest BCUT2D eigenvalue weighted by molar-refractivity contribution is 9.10. The Balaban J connectivity index is 2.19. The van der Waals surface area contributed by atoms with Crippen molar-refractivity contribution in [3.05, 3.63) is 62.5 Å². The van der Waals surface area contributed by atoms with Crippen molar-refractivity contribution in [2.24, 2.45) is 5.73 Å². The van der Waals surface area contributed by atoms with E-state index in [1.165, 1.54) is 0 Å². The van der Waals surface area contributed by atoms with Crippen LogP contribution in [0.1, 0.15) is 11.6 Å². The first-order valence-corrected chi connectivity index (χ1v) is 7.32. The van der Waals surface area contributed by atoms with Gasteiger partial charge in [0.25, 0.3) is 0 Å². The fourth-order valence-electron chi connectivity index (χ4n) is 1.75. The van der Waals surface area contributed by atoms with Gasteiger partial charge in [0.2, 0.25) is 0 Å². The summed E-state index contributed by atoms with van der Waals surface area (Å²) in [4.78, 5) is 0. The molecule has 0 saturated heterocycles. The van der Waals surface area contributed by atoms with Gasteiger partial charge in [-0.25, -0.2) is 0 Å². The monoisotopic (exact) mass is 358 g/mol. The average molecular weight is 360 g/mol. The minimum atomic E-state index is 0.0229. The second-order valence-electron chi connectivity index (χ2n) is 4.11. The van der Waals surface area contributed by atoms with Crippen molar-refractivity contribution in [2.45, 2.75) is 6.04 Å². The smallest absolute Gasteiger partial charge is 0.0636 e. The van der Waals surface area contributed by atoms with Crippen LogP contribution in [0.3, 0.4) is 0 Å². The van der Waals surface area contributed by atoms with Gasteiger partial charge in [0, 0.05) is 21.7 Å². The number of benzene rings is 2. The molecule has 0 spiro atoms. The third kappa shape index (κ3) is 3.86. The molecule has 0 heterocycles. The van der Waals surface area contributed by atoms with E-state index in [0.717, 1.165) is 15.7 Å². The summed E-state index contributed by atoms with van der Waals surface area (Å²) in [7, 11) is 0. The molecule has 1 unspecified atom stereocenters. The van der Waals surface area contributed by atoms with Gasteiger partial charge in [0.15, 0.2) is 0 Å². The molecular weight excluding hydrogens is 347 g/mol. The first-order chi connectivity index (χ1) is 9.10. The minimum absolute atomic E-state index is 0.0229. The van der Waals surface area contributed by atoms with Crippen LogP contribution < -0.4 is 11.1 Å². The van der Waals surface area contributed by atoms with Gasteiger partial charge in [-0.2, -0.15) is 0 Å². The number of nitrogens with one attached hydrogen (secondary N) is 1. The van der Waals surface area contributed by atoms with Crippen LogP contribution in [0.2, 0.25) is 10.0 Å². The minimum Gasteiger partial charge on any atom is -0.377 e. The molecule has 0 radical (unpaired) electrons. The second-order valence-corrected chi connectivity index (χ2v) is 5.81. The van der Waals surface area contributed by atoms with Crippen LogP contribution in [0.4, 0.5) is 5.69 Å². The maximum Gasteiger partial charge on any atom is 0.0636 e. The van der Waals surface area contributed by atoms with E-state index >= 15 is 0 Å². The van der Waals surface area contributed by atoms with Gasteiger partial charge in [-0.3, -0.25) is 0 Å². The van der Waals surface area contributed by atoms with Crippen LogP contribution in [0.15, 0.2) is 46.9 Å². The fourth-order valence-corrected chi connectivity index (χ4v) is 2.39. The maximum atomic E-state index is 5.99. The van der Waals surface area contributed by atoms with Crippen LogP contribution >= 0.6 is 39.1 Å². The molecule has 2 rings (SSSR count). The van der Waals surface area contributed by atoms with Crippen LogP contribution in [-0.4, -0.2) is 6.54 Å². The Bertz CT molecular complexity index is 558. The SMILES string of the molecule is NCC(Nc1ccc(Cl)cc1)c1ccc(Cl)c(Br)c1. The molecule has 0 aliphatic heterocycles. The number of hydrogen-bond acceptors (Lipinski definition) is 2. The standard InChI is InChI=1S/C14H13BrCl2N2/c15-12-7-9(1-6-13(12)17)14(8-18)19-11-4-2-10(16)3-5-11/h1-7,14,19H,8,18H2. The zero-order valence-electron chi connectivity index (χ0n) is 10.0. The first kappa shape index (κ1) is 14.7.